The van der Waals surface area contributed by atoms with Crippen LogP contribution in [0.3, 0.4) is 0 Å². The molecule has 1 aliphatic heterocycles. The van der Waals surface area contributed by atoms with Crippen molar-refractivity contribution in [1.82, 2.24) is 15.2 Å². The second-order valence-corrected chi connectivity index (χ2v) is 6.37. The molecule has 0 saturated heterocycles. The van der Waals surface area contributed by atoms with Gasteiger partial charge in [0.25, 0.3) is 0 Å². The fourth-order valence-corrected chi connectivity index (χ4v) is 3.04. The summed E-state index contributed by atoms with van der Waals surface area (Å²) in [7, 11) is 0. The molecule has 23 heavy (non-hydrogen) atoms. The Morgan fingerprint density at radius 1 is 1.22 bits per heavy atom. The Balaban J connectivity index is 1.41. The molecule has 0 aliphatic carbocycles. The van der Waals surface area contributed by atoms with Gasteiger partial charge in [-0.15, -0.1) is 0 Å². The Hall–Kier alpha value is -1.75. The SMILES string of the molecule is Cc1ccc(CNCC(O)CN2CCc3ccccc3C2)nc1. The molecule has 1 aromatic carbocycles. The number of benzene rings is 1. The smallest absolute Gasteiger partial charge is 0.0791 e. The number of hydrogen-bond donors (Lipinski definition) is 2. The molecule has 1 unspecified atom stereocenters. The predicted octanol–water partition coefficient (Wildman–Crippen LogP) is 1.90. The van der Waals surface area contributed by atoms with Gasteiger partial charge >= 0.3 is 0 Å². The summed E-state index contributed by atoms with van der Waals surface area (Å²) in [4.78, 5) is 6.69. The van der Waals surface area contributed by atoms with E-state index in [-0.39, 0.29) is 6.10 Å². The minimum Gasteiger partial charge on any atom is -0.390 e. The van der Waals surface area contributed by atoms with Crippen LogP contribution in [0.1, 0.15) is 22.4 Å². The molecule has 2 heterocycles. The van der Waals surface area contributed by atoms with Crippen molar-refractivity contribution in [3.05, 3.63) is 65.0 Å². The Kier molecular flexibility index (Phi) is 5.39. The lowest BCUT2D eigenvalue weighted by Crippen LogP contribution is -2.40. The number of fused-ring (bicyclic) bond motifs is 1. The number of hydrogen-bond acceptors (Lipinski definition) is 4. The molecule has 1 aromatic heterocycles. The van der Waals surface area contributed by atoms with Gasteiger partial charge in [0.15, 0.2) is 0 Å². The zero-order valence-electron chi connectivity index (χ0n) is 13.7. The van der Waals surface area contributed by atoms with Crippen molar-refractivity contribution in [2.24, 2.45) is 0 Å². The fourth-order valence-electron chi connectivity index (χ4n) is 3.04. The first-order valence-corrected chi connectivity index (χ1v) is 8.30. The number of nitrogens with zero attached hydrogens (tertiary/aromatic N) is 2. The van der Waals surface area contributed by atoms with Crippen molar-refractivity contribution in [2.75, 3.05) is 19.6 Å². The number of aromatic nitrogens is 1. The number of nitrogens with one attached hydrogen (secondary N) is 1. The highest BCUT2D eigenvalue weighted by Crippen LogP contribution is 2.18. The Morgan fingerprint density at radius 2 is 2.04 bits per heavy atom. The van der Waals surface area contributed by atoms with Gasteiger partial charge in [0.1, 0.15) is 0 Å². The number of rotatable bonds is 6. The van der Waals surface area contributed by atoms with E-state index in [1.807, 2.05) is 19.2 Å². The van der Waals surface area contributed by atoms with Crippen LogP contribution in [0.4, 0.5) is 0 Å². The molecule has 0 spiro atoms. The average Bonchev–Trinajstić information content (AvgIpc) is 2.56. The molecule has 3 rings (SSSR count). The number of aryl methyl sites for hydroxylation is 1. The molecule has 0 amide bonds. The van der Waals surface area contributed by atoms with Crippen molar-refractivity contribution >= 4 is 0 Å². The highest BCUT2D eigenvalue weighted by molar-refractivity contribution is 5.29. The largest absolute Gasteiger partial charge is 0.390 e. The first kappa shape index (κ1) is 16.1. The van der Waals surface area contributed by atoms with Crippen molar-refractivity contribution in [1.29, 1.82) is 0 Å². The summed E-state index contributed by atoms with van der Waals surface area (Å²) in [5.74, 6) is 0. The van der Waals surface area contributed by atoms with Gasteiger partial charge in [-0.1, -0.05) is 30.3 Å². The van der Waals surface area contributed by atoms with Crippen LogP contribution >= 0.6 is 0 Å². The Morgan fingerprint density at radius 3 is 2.83 bits per heavy atom. The topological polar surface area (TPSA) is 48.4 Å². The summed E-state index contributed by atoms with van der Waals surface area (Å²) in [6.45, 7) is 5.99. The van der Waals surface area contributed by atoms with Crippen molar-refractivity contribution in [3.63, 3.8) is 0 Å². The van der Waals surface area contributed by atoms with Crippen LogP contribution in [0.5, 0.6) is 0 Å². The van der Waals surface area contributed by atoms with Gasteiger partial charge in [-0.3, -0.25) is 9.88 Å². The Bertz CT molecular complexity index is 627. The summed E-state index contributed by atoms with van der Waals surface area (Å²) < 4.78 is 0. The van der Waals surface area contributed by atoms with E-state index in [0.717, 1.165) is 25.2 Å². The molecule has 0 fully saturated rings. The molecule has 0 bridgehead atoms. The fraction of sp³-hybridized carbons (Fsp3) is 0.421. The van der Waals surface area contributed by atoms with E-state index in [4.69, 9.17) is 0 Å². The lowest BCUT2D eigenvalue weighted by Gasteiger charge is -2.30. The zero-order chi connectivity index (χ0) is 16.1. The number of pyridine rings is 1. The van der Waals surface area contributed by atoms with Gasteiger partial charge in [-0.25, -0.2) is 0 Å². The predicted molar refractivity (Wildman–Crippen MR) is 92.1 cm³/mol. The van der Waals surface area contributed by atoms with Gasteiger partial charge < -0.3 is 10.4 Å². The standard InChI is InChI=1S/C19H25N3O/c1-15-6-7-18(21-10-15)11-20-12-19(23)14-22-9-8-16-4-2-3-5-17(16)13-22/h2-7,10,19-20,23H,8-9,11-14H2,1H3. The quantitative estimate of drug-likeness (QED) is 0.855. The normalized spacial score (nSPS) is 16.1. The monoisotopic (exact) mass is 311 g/mol. The molecular formula is C19H25N3O. The number of aliphatic hydroxyl groups excluding tert-OH is 1. The molecule has 2 aromatic rings. The first-order valence-electron chi connectivity index (χ1n) is 8.30. The summed E-state index contributed by atoms with van der Waals surface area (Å²) >= 11 is 0. The van der Waals surface area contributed by atoms with Gasteiger partial charge in [-0.05, 0) is 36.1 Å². The van der Waals surface area contributed by atoms with Crippen LogP contribution in [0.25, 0.3) is 0 Å². The molecule has 1 aliphatic rings. The minimum atomic E-state index is -0.356. The minimum absolute atomic E-state index is 0.356. The molecule has 4 heteroatoms. The third-order valence-electron chi connectivity index (χ3n) is 4.34. The van der Waals surface area contributed by atoms with Crippen LogP contribution in [0.2, 0.25) is 0 Å². The lowest BCUT2D eigenvalue weighted by molar-refractivity contribution is 0.104. The third kappa shape index (κ3) is 4.61. The second-order valence-electron chi connectivity index (χ2n) is 6.37. The third-order valence-corrected chi connectivity index (χ3v) is 4.34. The van der Waals surface area contributed by atoms with E-state index in [2.05, 4.69) is 45.5 Å². The molecule has 1 atom stereocenters. The van der Waals surface area contributed by atoms with Gasteiger partial charge in [0.2, 0.25) is 0 Å². The van der Waals surface area contributed by atoms with E-state index < -0.39 is 0 Å². The maximum Gasteiger partial charge on any atom is 0.0791 e. The van der Waals surface area contributed by atoms with E-state index in [9.17, 15) is 5.11 Å². The maximum absolute atomic E-state index is 10.2. The Labute approximate surface area is 138 Å². The highest BCUT2D eigenvalue weighted by Gasteiger charge is 2.18. The first-order chi connectivity index (χ1) is 11.2. The second kappa shape index (κ2) is 7.68. The molecule has 122 valence electrons. The summed E-state index contributed by atoms with van der Waals surface area (Å²) in [6.07, 6.45) is 2.59. The van der Waals surface area contributed by atoms with E-state index in [1.165, 1.54) is 16.7 Å². The summed E-state index contributed by atoms with van der Waals surface area (Å²) in [5, 5.41) is 13.5. The van der Waals surface area contributed by atoms with E-state index >= 15 is 0 Å². The molecule has 2 N–H and O–H groups in total. The summed E-state index contributed by atoms with van der Waals surface area (Å²) in [6, 6.07) is 12.7. The van der Waals surface area contributed by atoms with Crippen molar-refractivity contribution < 1.29 is 5.11 Å². The van der Waals surface area contributed by atoms with Gasteiger partial charge in [0, 0.05) is 38.9 Å². The highest BCUT2D eigenvalue weighted by atomic mass is 16.3. The van der Waals surface area contributed by atoms with Crippen LogP contribution in [-0.4, -0.2) is 40.7 Å². The molecule has 0 saturated carbocycles. The molecule has 4 nitrogen and oxygen atoms in total. The molecular weight excluding hydrogens is 286 g/mol. The van der Waals surface area contributed by atoms with E-state index in [0.29, 0.717) is 19.6 Å². The van der Waals surface area contributed by atoms with Gasteiger partial charge in [0.05, 0.1) is 11.8 Å². The number of β-amino-alcohol motifs (C(OH)–C–C–N with tert-alkyl or cyclic N) is 1. The van der Waals surface area contributed by atoms with Crippen LogP contribution in [0, 0.1) is 6.92 Å². The average molecular weight is 311 g/mol. The van der Waals surface area contributed by atoms with Crippen LogP contribution in [0.15, 0.2) is 42.6 Å². The van der Waals surface area contributed by atoms with Crippen molar-refractivity contribution in [2.45, 2.75) is 32.5 Å². The lowest BCUT2D eigenvalue weighted by atomic mass is 10.00. The molecule has 0 radical (unpaired) electrons. The van der Waals surface area contributed by atoms with Crippen LogP contribution < -0.4 is 5.32 Å². The van der Waals surface area contributed by atoms with Crippen molar-refractivity contribution in [3.8, 4) is 0 Å². The van der Waals surface area contributed by atoms with Crippen LogP contribution in [-0.2, 0) is 19.5 Å². The maximum atomic E-state index is 10.2. The van der Waals surface area contributed by atoms with E-state index in [1.54, 1.807) is 0 Å². The summed E-state index contributed by atoms with van der Waals surface area (Å²) in [5.41, 5.74) is 5.01. The zero-order valence-corrected chi connectivity index (χ0v) is 13.7. The number of aliphatic hydroxyl groups is 1. The van der Waals surface area contributed by atoms with Gasteiger partial charge in [-0.2, -0.15) is 0 Å².